The Hall–Kier alpha value is -2.58. The van der Waals surface area contributed by atoms with E-state index in [1.807, 2.05) is 66.7 Å². The van der Waals surface area contributed by atoms with Crippen LogP contribution < -0.4 is 0 Å². The number of para-hydroxylation sites is 2. The van der Waals surface area contributed by atoms with Gasteiger partial charge in [0.2, 0.25) is 5.89 Å². The van der Waals surface area contributed by atoms with Crippen LogP contribution in [0.25, 0.3) is 33.7 Å². The topological polar surface area (TPSA) is 26.0 Å². The first kappa shape index (κ1) is 13.1. The normalized spacial score (nSPS) is 11.0. The molecule has 0 aliphatic carbocycles. The van der Waals surface area contributed by atoms with Gasteiger partial charge in [0.15, 0.2) is 5.58 Å². The van der Waals surface area contributed by atoms with Crippen molar-refractivity contribution in [1.82, 2.24) is 4.98 Å². The fraction of sp³-hybridized carbons (Fsp3) is 0. The first-order valence-corrected chi connectivity index (χ1v) is 7.40. The summed E-state index contributed by atoms with van der Waals surface area (Å²) in [6.07, 6.45) is 0. The molecule has 3 heteroatoms. The SMILES string of the molecule is Clc1ccc(-c2ccccc2-c2nc3ccccc3o2)cc1. The Kier molecular flexibility index (Phi) is 3.17. The highest BCUT2D eigenvalue weighted by atomic mass is 35.5. The predicted molar refractivity (Wildman–Crippen MR) is 89.9 cm³/mol. The molecule has 0 spiro atoms. The molecular weight excluding hydrogens is 294 g/mol. The fourth-order valence-electron chi connectivity index (χ4n) is 2.54. The molecule has 4 aromatic rings. The maximum atomic E-state index is 5.98. The summed E-state index contributed by atoms with van der Waals surface area (Å²) in [6.45, 7) is 0. The molecule has 0 aliphatic rings. The van der Waals surface area contributed by atoms with Crippen molar-refractivity contribution >= 4 is 22.7 Å². The molecule has 1 aromatic heterocycles. The van der Waals surface area contributed by atoms with E-state index in [1.54, 1.807) is 0 Å². The van der Waals surface area contributed by atoms with Crippen LogP contribution in [0.5, 0.6) is 0 Å². The third-order valence-electron chi connectivity index (χ3n) is 3.61. The molecule has 4 rings (SSSR count). The zero-order chi connectivity index (χ0) is 14.9. The summed E-state index contributed by atoms with van der Waals surface area (Å²) in [4.78, 5) is 4.59. The van der Waals surface area contributed by atoms with Crippen molar-refractivity contribution in [2.75, 3.05) is 0 Å². The van der Waals surface area contributed by atoms with E-state index >= 15 is 0 Å². The number of rotatable bonds is 2. The van der Waals surface area contributed by atoms with Crippen molar-refractivity contribution in [2.45, 2.75) is 0 Å². The highest BCUT2D eigenvalue weighted by Gasteiger charge is 2.12. The van der Waals surface area contributed by atoms with Crippen LogP contribution in [0.2, 0.25) is 5.02 Å². The highest BCUT2D eigenvalue weighted by molar-refractivity contribution is 6.30. The highest BCUT2D eigenvalue weighted by Crippen LogP contribution is 2.33. The van der Waals surface area contributed by atoms with E-state index in [4.69, 9.17) is 16.0 Å². The predicted octanol–water partition coefficient (Wildman–Crippen LogP) is 5.82. The van der Waals surface area contributed by atoms with E-state index in [9.17, 15) is 0 Å². The zero-order valence-electron chi connectivity index (χ0n) is 11.7. The quantitative estimate of drug-likeness (QED) is 0.466. The third-order valence-corrected chi connectivity index (χ3v) is 3.86. The number of aromatic nitrogens is 1. The number of nitrogens with zero attached hydrogens (tertiary/aromatic N) is 1. The first-order chi connectivity index (χ1) is 10.8. The minimum absolute atomic E-state index is 0.631. The Morgan fingerprint density at radius 2 is 1.41 bits per heavy atom. The lowest BCUT2D eigenvalue weighted by Gasteiger charge is -2.06. The number of fused-ring (bicyclic) bond motifs is 1. The van der Waals surface area contributed by atoms with Crippen LogP contribution in [0.3, 0.4) is 0 Å². The van der Waals surface area contributed by atoms with Crippen molar-refractivity contribution in [2.24, 2.45) is 0 Å². The molecule has 22 heavy (non-hydrogen) atoms. The van der Waals surface area contributed by atoms with E-state index in [2.05, 4.69) is 11.1 Å². The summed E-state index contributed by atoms with van der Waals surface area (Å²) in [6, 6.07) is 23.7. The molecule has 0 unspecified atom stereocenters. The van der Waals surface area contributed by atoms with E-state index in [1.165, 1.54) is 0 Å². The van der Waals surface area contributed by atoms with Gasteiger partial charge in [0.25, 0.3) is 0 Å². The summed E-state index contributed by atoms with van der Waals surface area (Å²) in [5, 5.41) is 0.725. The van der Waals surface area contributed by atoms with E-state index in [0.717, 1.165) is 32.8 Å². The van der Waals surface area contributed by atoms with Gasteiger partial charge in [-0.25, -0.2) is 4.98 Å². The van der Waals surface area contributed by atoms with Gasteiger partial charge in [0.05, 0.1) is 0 Å². The van der Waals surface area contributed by atoms with Crippen LogP contribution in [0.15, 0.2) is 77.2 Å². The number of hydrogen-bond acceptors (Lipinski definition) is 2. The smallest absolute Gasteiger partial charge is 0.227 e. The summed E-state index contributed by atoms with van der Waals surface area (Å²) in [5.41, 5.74) is 4.79. The van der Waals surface area contributed by atoms with E-state index < -0.39 is 0 Å². The second kappa shape index (κ2) is 5.32. The summed E-state index contributed by atoms with van der Waals surface area (Å²) in [7, 11) is 0. The van der Waals surface area contributed by atoms with Gasteiger partial charge in [-0.15, -0.1) is 0 Å². The summed E-state index contributed by atoms with van der Waals surface area (Å²) >= 11 is 5.98. The van der Waals surface area contributed by atoms with Crippen molar-refractivity contribution in [3.05, 3.63) is 77.8 Å². The molecule has 106 valence electrons. The summed E-state index contributed by atoms with van der Waals surface area (Å²) < 4.78 is 5.90. The molecule has 0 atom stereocenters. The van der Waals surface area contributed by atoms with Crippen molar-refractivity contribution in [1.29, 1.82) is 0 Å². The van der Waals surface area contributed by atoms with Crippen LogP contribution in [-0.2, 0) is 0 Å². The summed E-state index contributed by atoms with van der Waals surface area (Å²) in [5.74, 6) is 0.631. The maximum absolute atomic E-state index is 5.98. The molecule has 1 heterocycles. The molecule has 2 nitrogen and oxygen atoms in total. The molecule has 3 aromatic carbocycles. The molecule has 0 saturated carbocycles. The fourth-order valence-corrected chi connectivity index (χ4v) is 2.66. The van der Waals surface area contributed by atoms with Crippen LogP contribution in [0.1, 0.15) is 0 Å². The second-order valence-corrected chi connectivity index (χ2v) is 5.48. The number of hydrogen-bond donors (Lipinski definition) is 0. The molecule has 0 saturated heterocycles. The average Bonchev–Trinajstić information content (AvgIpc) is 2.99. The maximum Gasteiger partial charge on any atom is 0.227 e. The Morgan fingerprint density at radius 1 is 0.727 bits per heavy atom. The van der Waals surface area contributed by atoms with Gasteiger partial charge in [-0.2, -0.15) is 0 Å². The van der Waals surface area contributed by atoms with Crippen LogP contribution >= 0.6 is 11.6 Å². The van der Waals surface area contributed by atoms with Gasteiger partial charge < -0.3 is 4.42 Å². The average molecular weight is 306 g/mol. The van der Waals surface area contributed by atoms with Crippen molar-refractivity contribution < 1.29 is 4.42 Å². The molecular formula is C19H12ClNO. The Balaban J connectivity index is 1.90. The largest absolute Gasteiger partial charge is 0.436 e. The lowest BCUT2D eigenvalue weighted by atomic mass is 10.00. The van der Waals surface area contributed by atoms with Gasteiger partial charge in [-0.05, 0) is 41.5 Å². The van der Waals surface area contributed by atoms with Gasteiger partial charge in [0, 0.05) is 10.6 Å². The van der Waals surface area contributed by atoms with Crippen LogP contribution in [0, 0.1) is 0 Å². The lowest BCUT2D eigenvalue weighted by molar-refractivity contribution is 0.620. The van der Waals surface area contributed by atoms with Crippen LogP contribution in [-0.4, -0.2) is 4.98 Å². The number of halogens is 1. The number of benzene rings is 3. The minimum atomic E-state index is 0.631. The van der Waals surface area contributed by atoms with Gasteiger partial charge in [0.1, 0.15) is 5.52 Å². The third kappa shape index (κ3) is 2.28. The molecule has 0 amide bonds. The molecule has 0 N–H and O–H groups in total. The first-order valence-electron chi connectivity index (χ1n) is 7.02. The molecule has 0 fully saturated rings. The molecule has 0 radical (unpaired) electrons. The Bertz CT molecular complexity index is 908. The van der Waals surface area contributed by atoms with Gasteiger partial charge in [-0.1, -0.05) is 54.1 Å². The van der Waals surface area contributed by atoms with Crippen molar-refractivity contribution in [3.63, 3.8) is 0 Å². The van der Waals surface area contributed by atoms with Crippen molar-refractivity contribution in [3.8, 4) is 22.6 Å². The van der Waals surface area contributed by atoms with Crippen LogP contribution in [0.4, 0.5) is 0 Å². The Labute approximate surface area is 133 Å². The second-order valence-electron chi connectivity index (χ2n) is 5.04. The number of oxazole rings is 1. The molecule has 0 aliphatic heterocycles. The van der Waals surface area contributed by atoms with Gasteiger partial charge in [-0.3, -0.25) is 0 Å². The Morgan fingerprint density at radius 3 is 2.18 bits per heavy atom. The molecule has 0 bridgehead atoms. The zero-order valence-corrected chi connectivity index (χ0v) is 12.4. The lowest BCUT2D eigenvalue weighted by Crippen LogP contribution is -1.84. The van der Waals surface area contributed by atoms with E-state index in [0.29, 0.717) is 5.89 Å². The monoisotopic (exact) mass is 305 g/mol. The minimum Gasteiger partial charge on any atom is -0.436 e. The van der Waals surface area contributed by atoms with Gasteiger partial charge >= 0.3 is 0 Å². The van der Waals surface area contributed by atoms with E-state index in [-0.39, 0.29) is 0 Å². The standard InChI is InChI=1S/C19H12ClNO/c20-14-11-9-13(10-12-14)15-5-1-2-6-16(15)19-21-17-7-3-4-8-18(17)22-19/h1-12H.